The van der Waals surface area contributed by atoms with E-state index in [0.717, 1.165) is 18.5 Å². The van der Waals surface area contributed by atoms with Crippen LogP contribution in [0.3, 0.4) is 0 Å². The number of hydrogen-bond donors (Lipinski definition) is 1. The molecule has 0 saturated carbocycles. The Morgan fingerprint density at radius 1 is 1.33 bits per heavy atom. The molecule has 0 aromatic heterocycles. The van der Waals surface area contributed by atoms with Crippen molar-refractivity contribution < 1.29 is 4.39 Å². The molecular formula is C15H23ClFN. The molecule has 2 unspecified atom stereocenters. The second-order valence-electron chi connectivity index (χ2n) is 4.91. The Morgan fingerprint density at radius 3 is 2.61 bits per heavy atom. The summed E-state index contributed by atoms with van der Waals surface area (Å²) in [7, 11) is 0. The van der Waals surface area contributed by atoms with Crippen molar-refractivity contribution >= 4 is 11.6 Å². The van der Waals surface area contributed by atoms with Gasteiger partial charge in [0.2, 0.25) is 0 Å². The van der Waals surface area contributed by atoms with Crippen LogP contribution in [0.5, 0.6) is 0 Å². The summed E-state index contributed by atoms with van der Waals surface area (Å²) >= 11 is 5.72. The number of hydrogen-bond acceptors (Lipinski definition) is 1. The second kappa shape index (κ2) is 7.75. The molecular weight excluding hydrogens is 249 g/mol. The summed E-state index contributed by atoms with van der Waals surface area (Å²) in [6.07, 6.45) is 3.43. The molecule has 1 N–H and O–H groups in total. The second-order valence-corrected chi connectivity index (χ2v) is 5.32. The van der Waals surface area contributed by atoms with E-state index in [-0.39, 0.29) is 16.9 Å². The highest BCUT2D eigenvalue weighted by atomic mass is 35.5. The zero-order valence-corrected chi connectivity index (χ0v) is 12.2. The SMILES string of the molecule is CCCC(C)CC(NCC)c1ccc(Cl)c(F)c1. The molecule has 0 aliphatic carbocycles. The molecule has 1 aromatic carbocycles. The van der Waals surface area contributed by atoms with Crippen LogP contribution >= 0.6 is 11.6 Å². The van der Waals surface area contributed by atoms with Gasteiger partial charge in [-0.25, -0.2) is 4.39 Å². The summed E-state index contributed by atoms with van der Waals surface area (Å²) in [6.45, 7) is 7.40. The largest absolute Gasteiger partial charge is 0.310 e. The lowest BCUT2D eigenvalue weighted by Crippen LogP contribution is -2.23. The molecule has 0 fully saturated rings. The van der Waals surface area contributed by atoms with Gasteiger partial charge in [0.15, 0.2) is 0 Å². The van der Waals surface area contributed by atoms with Gasteiger partial charge in [-0.1, -0.05) is 51.3 Å². The first-order valence-corrected chi connectivity index (χ1v) is 7.14. The summed E-state index contributed by atoms with van der Waals surface area (Å²) in [5, 5.41) is 3.62. The van der Waals surface area contributed by atoms with Crippen LogP contribution in [0, 0.1) is 11.7 Å². The number of rotatable bonds is 7. The van der Waals surface area contributed by atoms with Crippen LogP contribution < -0.4 is 5.32 Å². The van der Waals surface area contributed by atoms with Crippen LogP contribution in [-0.4, -0.2) is 6.54 Å². The first-order chi connectivity index (χ1) is 8.58. The highest BCUT2D eigenvalue weighted by Crippen LogP contribution is 2.26. The summed E-state index contributed by atoms with van der Waals surface area (Å²) in [4.78, 5) is 0. The normalized spacial score (nSPS) is 14.5. The fourth-order valence-corrected chi connectivity index (χ4v) is 2.44. The van der Waals surface area contributed by atoms with Gasteiger partial charge < -0.3 is 5.32 Å². The molecule has 0 radical (unpaired) electrons. The number of benzene rings is 1. The topological polar surface area (TPSA) is 12.0 Å². The molecule has 0 amide bonds. The van der Waals surface area contributed by atoms with E-state index in [0.29, 0.717) is 5.92 Å². The summed E-state index contributed by atoms with van der Waals surface area (Å²) in [5.41, 5.74) is 0.988. The lowest BCUT2D eigenvalue weighted by atomic mass is 9.93. The highest BCUT2D eigenvalue weighted by molar-refractivity contribution is 6.30. The van der Waals surface area contributed by atoms with Gasteiger partial charge in [-0.05, 0) is 36.6 Å². The zero-order chi connectivity index (χ0) is 13.5. The van der Waals surface area contributed by atoms with Crippen molar-refractivity contribution in [2.75, 3.05) is 6.54 Å². The predicted molar refractivity (Wildman–Crippen MR) is 76.5 cm³/mol. The smallest absolute Gasteiger partial charge is 0.142 e. The Morgan fingerprint density at radius 2 is 2.06 bits per heavy atom. The van der Waals surface area contributed by atoms with Gasteiger partial charge in [-0.3, -0.25) is 0 Å². The van der Waals surface area contributed by atoms with Crippen LogP contribution in [-0.2, 0) is 0 Å². The molecule has 1 aromatic rings. The first-order valence-electron chi connectivity index (χ1n) is 6.76. The third-order valence-corrected chi connectivity index (χ3v) is 3.52. The minimum Gasteiger partial charge on any atom is -0.310 e. The van der Waals surface area contributed by atoms with E-state index in [1.54, 1.807) is 12.1 Å². The van der Waals surface area contributed by atoms with Gasteiger partial charge in [-0.2, -0.15) is 0 Å². The van der Waals surface area contributed by atoms with Crippen LogP contribution in [0.4, 0.5) is 4.39 Å². The third kappa shape index (κ3) is 4.58. The molecule has 102 valence electrons. The fraction of sp³-hybridized carbons (Fsp3) is 0.600. The molecule has 0 spiro atoms. The van der Waals surface area contributed by atoms with Gasteiger partial charge in [-0.15, -0.1) is 0 Å². The van der Waals surface area contributed by atoms with Crippen LogP contribution in [0.25, 0.3) is 0 Å². The van der Waals surface area contributed by atoms with E-state index < -0.39 is 0 Å². The molecule has 1 rings (SSSR count). The Balaban J connectivity index is 2.79. The van der Waals surface area contributed by atoms with Crippen LogP contribution in [0.2, 0.25) is 5.02 Å². The monoisotopic (exact) mass is 271 g/mol. The number of halogens is 2. The van der Waals surface area contributed by atoms with E-state index >= 15 is 0 Å². The fourth-order valence-electron chi connectivity index (χ4n) is 2.33. The van der Waals surface area contributed by atoms with Crippen molar-refractivity contribution in [1.29, 1.82) is 0 Å². The van der Waals surface area contributed by atoms with E-state index in [9.17, 15) is 4.39 Å². The Kier molecular flexibility index (Phi) is 6.66. The maximum atomic E-state index is 13.5. The minimum absolute atomic E-state index is 0.190. The van der Waals surface area contributed by atoms with Gasteiger partial charge in [0.25, 0.3) is 0 Å². The van der Waals surface area contributed by atoms with Crippen LogP contribution in [0.1, 0.15) is 51.6 Å². The van der Waals surface area contributed by atoms with Crippen molar-refractivity contribution in [1.82, 2.24) is 5.32 Å². The Bertz CT molecular complexity index is 368. The molecule has 1 nitrogen and oxygen atoms in total. The average Bonchev–Trinajstić information content (AvgIpc) is 2.32. The lowest BCUT2D eigenvalue weighted by molar-refractivity contribution is 0.394. The Labute approximate surface area is 115 Å². The zero-order valence-electron chi connectivity index (χ0n) is 11.5. The maximum Gasteiger partial charge on any atom is 0.142 e. The minimum atomic E-state index is -0.333. The van der Waals surface area contributed by atoms with E-state index in [1.165, 1.54) is 12.8 Å². The van der Waals surface area contributed by atoms with Gasteiger partial charge in [0.1, 0.15) is 5.82 Å². The van der Waals surface area contributed by atoms with Crippen molar-refractivity contribution in [3.63, 3.8) is 0 Å². The van der Waals surface area contributed by atoms with Crippen molar-refractivity contribution in [3.8, 4) is 0 Å². The molecule has 0 aliphatic rings. The van der Waals surface area contributed by atoms with Crippen molar-refractivity contribution in [2.24, 2.45) is 5.92 Å². The first kappa shape index (κ1) is 15.5. The number of nitrogens with one attached hydrogen (secondary N) is 1. The molecule has 2 atom stereocenters. The highest BCUT2D eigenvalue weighted by Gasteiger charge is 2.15. The van der Waals surface area contributed by atoms with Gasteiger partial charge >= 0.3 is 0 Å². The molecule has 18 heavy (non-hydrogen) atoms. The summed E-state index contributed by atoms with van der Waals surface area (Å²) in [5.74, 6) is 0.304. The third-order valence-electron chi connectivity index (χ3n) is 3.22. The molecule has 0 bridgehead atoms. The molecule has 0 saturated heterocycles. The van der Waals surface area contributed by atoms with Gasteiger partial charge in [0, 0.05) is 6.04 Å². The van der Waals surface area contributed by atoms with Crippen LogP contribution in [0.15, 0.2) is 18.2 Å². The average molecular weight is 272 g/mol. The van der Waals surface area contributed by atoms with E-state index in [1.807, 2.05) is 6.07 Å². The Hall–Kier alpha value is -0.600. The van der Waals surface area contributed by atoms with Gasteiger partial charge in [0.05, 0.1) is 5.02 Å². The lowest BCUT2D eigenvalue weighted by Gasteiger charge is -2.22. The van der Waals surface area contributed by atoms with Crippen molar-refractivity contribution in [2.45, 2.75) is 46.1 Å². The molecule has 0 heterocycles. The molecule has 0 aliphatic heterocycles. The van der Waals surface area contributed by atoms with E-state index in [4.69, 9.17) is 11.6 Å². The molecule has 3 heteroatoms. The quantitative estimate of drug-likeness (QED) is 0.739. The summed E-state index contributed by atoms with van der Waals surface area (Å²) < 4.78 is 13.5. The predicted octanol–water partition coefficient (Wildman–Crippen LogP) is 4.96. The maximum absolute atomic E-state index is 13.5. The standard InChI is InChI=1S/C15H23ClFN/c1-4-6-11(3)9-15(18-5-2)12-7-8-13(16)14(17)10-12/h7-8,10-11,15,18H,4-6,9H2,1-3H3. The van der Waals surface area contributed by atoms with E-state index in [2.05, 4.69) is 26.1 Å². The summed E-state index contributed by atoms with van der Waals surface area (Å²) in [6, 6.07) is 5.32. The van der Waals surface area contributed by atoms with Crippen molar-refractivity contribution in [3.05, 3.63) is 34.6 Å².